The Morgan fingerprint density at radius 2 is 1.60 bits per heavy atom. The van der Waals surface area contributed by atoms with E-state index in [0.717, 1.165) is 11.8 Å². The lowest BCUT2D eigenvalue weighted by Gasteiger charge is -2.24. The second kappa shape index (κ2) is 5.34. The quantitative estimate of drug-likeness (QED) is 0.662. The molecule has 84 valence electrons. The number of hydrogen-bond acceptors (Lipinski definition) is 0. The first-order chi connectivity index (χ1) is 7.02. The summed E-state index contributed by atoms with van der Waals surface area (Å²) in [7, 11) is 0. The maximum atomic E-state index is 2.33. The first-order valence-electron chi connectivity index (χ1n) is 6.08. The monoisotopic (exact) mass is 204 g/mol. The molecule has 0 spiro atoms. The largest absolute Gasteiger partial charge is 0.0628 e. The van der Waals surface area contributed by atoms with Crippen molar-refractivity contribution < 1.29 is 0 Å². The zero-order valence-corrected chi connectivity index (χ0v) is 10.7. The van der Waals surface area contributed by atoms with Crippen molar-refractivity contribution in [3.63, 3.8) is 0 Å². The zero-order chi connectivity index (χ0) is 11.4. The number of aryl methyl sites for hydroxylation is 1. The molecule has 0 amide bonds. The summed E-state index contributed by atoms with van der Waals surface area (Å²) in [4.78, 5) is 0. The molecule has 1 rings (SSSR count). The lowest BCUT2D eigenvalue weighted by molar-refractivity contribution is 0.406. The van der Waals surface area contributed by atoms with Crippen LogP contribution in [0.3, 0.4) is 0 Å². The predicted octanol–water partition coefficient (Wildman–Crippen LogP) is 4.78. The molecule has 0 saturated carbocycles. The number of benzene rings is 1. The third-order valence-electron chi connectivity index (χ3n) is 3.12. The van der Waals surface area contributed by atoms with Crippen LogP contribution in [-0.2, 0) is 0 Å². The summed E-state index contributed by atoms with van der Waals surface area (Å²) >= 11 is 0. The van der Waals surface area contributed by atoms with Gasteiger partial charge in [0.15, 0.2) is 0 Å². The van der Waals surface area contributed by atoms with Crippen LogP contribution in [0.1, 0.15) is 51.2 Å². The van der Waals surface area contributed by atoms with Crippen LogP contribution in [0.2, 0.25) is 0 Å². The fourth-order valence-corrected chi connectivity index (χ4v) is 2.27. The van der Waals surface area contributed by atoms with E-state index >= 15 is 0 Å². The van der Waals surface area contributed by atoms with E-state index in [1.165, 1.54) is 12.0 Å². The van der Waals surface area contributed by atoms with Crippen LogP contribution < -0.4 is 0 Å². The molecule has 0 aliphatic rings. The number of hydrogen-bond donors (Lipinski definition) is 0. The van der Waals surface area contributed by atoms with Crippen molar-refractivity contribution in [2.45, 2.75) is 47.0 Å². The first-order valence-corrected chi connectivity index (χ1v) is 6.08. The standard InChI is InChI=1S/C15H24/c1-11(2)10-15(12(3)4)14-9-7-6-8-13(14)5/h6-9,11-12,15H,10H2,1-5H3. The summed E-state index contributed by atoms with van der Waals surface area (Å²) in [6, 6.07) is 8.82. The van der Waals surface area contributed by atoms with Gasteiger partial charge in [-0.3, -0.25) is 0 Å². The highest BCUT2D eigenvalue weighted by molar-refractivity contribution is 5.29. The fourth-order valence-electron chi connectivity index (χ4n) is 2.27. The molecule has 0 aliphatic carbocycles. The third-order valence-corrected chi connectivity index (χ3v) is 3.12. The van der Waals surface area contributed by atoms with Crippen molar-refractivity contribution in [3.05, 3.63) is 35.4 Å². The highest BCUT2D eigenvalue weighted by atomic mass is 14.2. The van der Waals surface area contributed by atoms with Crippen LogP contribution in [-0.4, -0.2) is 0 Å². The van der Waals surface area contributed by atoms with Crippen molar-refractivity contribution in [1.82, 2.24) is 0 Å². The summed E-state index contributed by atoms with van der Waals surface area (Å²) in [5.41, 5.74) is 2.98. The van der Waals surface area contributed by atoms with Crippen LogP contribution >= 0.6 is 0 Å². The van der Waals surface area contributed by atoms with Crippen LogP contribution in [0.5, 0.6) is 0 Å². The van der Waals surface area contributed by atoms with Crippen LogP contribution in [0.4, 0.5) is 0 Å². The SMILES string of the molecule is Cc1ccccc1C(CC(C)C)C(C)C. The van der Waals surface area contributed by atoms with Crippen LogP contribution in [0.25, 0.3) is 0 Å². The first kappa shape index (κ1) is 12.3. The topological polar surface area (TPSA) is 0 Å². The van der Waals surface area contributed by atoms with Crippen molar-refractivity contribution in [2.75, 3.05) is 0 Å². The Morgan fingerprint density at radius 1 is 1.00 bits per heavy atom. The molecule has 0 radical (unpaired) electrons. The van der Waals surface area contributed by atoms with Gasteiger partial charge in [-0.2, -0.15) is 0 Å². The van der Waals surface area contributed by atoms with E-state index in [4.69, 9.17) is 0 Å². The van der Waals surface area contributed by atoms with Crippen LogP contribution in [0, 0.1) is 18.8 Å². The van der Waals surface area contributed by atoms with Gasteiger partial charge >= 0.3 is 0 Å². The Bertz CT molecular complexity index is 297. The molecule has 0 bridgehead atoms. The van der Waals surface area contributed by atoms with E-state index in [1.54, 1.807) is 5.56 Å². The van der Waals surface area contributed by atoms with Gasteiger partial charge in [0.1, 0.15) is 0 Å². The van der Waals surface area contributed by atoms with Gasteiger partial charge in [-0.25, -0.2) is 0 Å². The van der Waals surface area contributed by atoms with E-state index in [-0.39, 0.29) is 0 Å². The molecule has 15 heavy (non-hydrogen) atoms. The molecule has 0 heteroatoms. The highest BCUT2D eigenvalue weighted by Gasteiger charge is 2.18. The molecule has 1 aromatic rings. The molecular weight excluding hydrogens is 180 g/mol. The Balaban J connectivity index is 2.94. The van der Waals surface area contributed by atoms with Crippen molar-refractivity contribution >= 4 is 0 Å². The molecule has 0 heterocycles. The number of rotatable bonds is 4. The summed E-state index contributed by atoms with van der Waals surface area (Å²) in [6.45, 7) is 11.5. The average molecular weight is 204 g/mol. The predicted molar refractivity (Wildman–Crippen MR) is 68.2 cm³/mol. The third kappa shape index (κ3) is 3.37. The van der Waals surface area contributed by atoms with Crippen molar-refractivity contribution in [3.8, 4) is 0 Å². The van der Waals surface area contributed by atoms with E-state index in [9.17, 15) is 0 Å². The maximum absolute atomic E-state index is 2.33. The lowest BCUT2D eigenvalue weighted by Crippen LogP contribution is -2.11. The molecule has 0 nitrogen and oxygen atoms in total. The molecule has 0 aromatic heterocycles. The van der Waals surface area contributed by atoms with E-state index in [0.29, 0.717) is 5.92 Å². The lowest BCUT2D eigenvalue weighted by atomic mass is 9.80. The fraction of sp³-hybridized carbons (Fsp3) is 0.600. The summed E-state index contributed by atoms with van der Waals surface area (Å²) in [5.74, 6) is 2.22. The Morgan fingerprint density at radius 3 is 2.07 bits per heavy atom. The van der Waals surface area contributed by atoms with Gasteiger partial charge in [-0.1, -0.05) is 52.0 Å². The summed E-state index contributed by atoms with van der Waals surface area (Å²) in [5, 5.41) is 0. The zero-order valence-electron chi connectivity index (χ0n) is 10.7. The Labute approximate surface area is 94.7 Å². The Kier molecular flexibility index (Phi) is 4.38. The molecule has 1 atom stereocenters. The van der Waals surface area contributed by atoms with Crippen molar-refractivity contribution in [2.24, 2.45) is 11.8 Å². The molecule has 0 N–H and O–H groups in total. The molecule has 0 saturated heterocycles. The average Bonchev–Trinajstić information content (AvgIpc) is 2.15. The minimum atomic E-state index is 0.714. The van der Waals surface area contributed by atoms with Gasteiger partial charge in [0.05, 0.1) is 0 Å². The van der Waals surface area contributed by atoms with Gasteiger partial charge < -0.3 is 0 Å². The normalized spacial score (nSPS) is 13.5. The second-order valence-electron chi connectivity index (χ2n) is 5.34. The summed E-state index contributed by atoms with van der Waals surface area (Å²) < 4.78 is 0. The maximum Gasteiger partial charge on any atom is -0.0134 e. The highest BCUT2D eigenvalue weighted by Crippen LogP contribution is 2.32. The van der Waals surface area contributed by atoms with E-state index in [1.807, 2.05) is 0 Å². The van der Waals surface area contributed by atoms with Crippen LogP contribution in [0.15, 0.2) is 24.3 Å². The minimum absolute atomic E-state index is 0.714. The van der Waals surface area contributed by atoms with Gasteiger partial charge in [0.2, 0.25) is 0 Å². The molecule has 1 aromatic carbocycles. The molecular formula is C15H24. The van der Waals surface area contributed by atoms with Crippen molar-refractivity contribution in [1.29, 1.82) is 0 Å². The van der Waals surface area contributed by atoms with E-state index in [2.05, 4.69) is 58.9 Å². The van der Waals surface area contributed by atoms with Gasteiger partial charge in [-0.15, -0.1) is 0 Å². The minimum Gasteiger partial charge on any atom is -0.0628 e. The van der Waals surface area contributed by atoms with Gasteiger partial charge in [0.25, 0.3) is 0 Å². The molecule has 0 aliphatic heterocycles. The molecule has 1 unspecified atom stereocenters. The van der Waals surface area contributed by atoms with E-state index < -0.39 is 0 Å². The summed E-state index contributed by atoms with van der Waals surface area (Å²) in [6.07, 6.45) is 1.29. The van der Waals surface area contributed by atoms with Gasteiger partial charge in [0, 0.05) is 0 Å². The Hall–Kier alpha value is -0.780. The second-order valence-corrected chi connectivity index (χ2v) is 5.34. The smallest absolute Gasteiger partial charge is 0.0134 e. The van der Waals surface area contributed by atoms with Gasteiger partial charge in [-0.05, 0) is 42.2 Å². The molecule has 0 fully saturated rings.